The summed E-state index contributed by atoms with van der Waals surface area (Å²) in [6, 6.07) is 9.36. The molecule has 1 amide bonds. The van der Waals surface area contributed by atoms with Crippen LogP contribution >= 0.6 is 11.6 Å². The van der Waals surface area contributed by atoms with Crippen LogP contribution in [-0.2, 0) is 14.8 Å². The van der Waals surface area contributed by atoms with E-state index in [0.29, 0.717) is 29.1 Å². The number of rotatable bonds is 4. The molecule has 1 heterocycles. The lowest BCUT2D eigenvalue weighted by Gasteiger charge is -2.23. The molecule has 3 rings (SSSR count). The number of carbonyl (C=O) groups is 1. The Morgan fingerprint density at radius 3 is 2.58 bits per heavy atom. The van der Waals surface area contributed by atoms with Gasteiger partial charge in [-0.15, -0.1) is 0 Å². The number of hydrogen-bond acceptors (Lipinski definition) is 3. The van der Waals surface area contributed by atoms with Crippen LogP contribution in [0.5, 0.6) is 0 Å². The topological polar surface area (TPSA) is 66.5 Å². The van der Waals surface area contributed by atoms with Crippen LogP contribution in [0.2, 0.25) is 5.02 Å². The number of benzene rings is 2. The average molecular weight is 397 g/mol. The van der Waals surface area contributed by atoms with Crippen LogP contribution in [-0.4, -0.2) is 31.2 Å². The van der Waals surface area contributed by atoms with E-state index in [1.165, 1.54) is 34.6 Å². The van der Waals surface area contributed by atoms with Gasteiger partial charge in [0.05, 0.1) is 4.90 Å². The normalized spacial score (nSPS) is 18.0. The summed E-state index contributed by atoms with van der Waals surface area (Å²) in [4.78, 5) is 12.7. The van der Waals surface area contributed by atoms with Gasteiger partial charge in [0, 0.05) is 17.3 Å². The van der Waals surface area contributed by atoms with Crippen LogP contribution in [0.25, 0.3) is 0 Å². The summed E-state index contributed by atoms with van der Waals surface area (Å²) in [5.74, 6) is -0.900. The molecule has 1 aliphatic rings. The molecule has 138 valence electrons. The fraction of sp³-hybridized carbons (Fsp3) is 0.278. The quantitative estimate of drug-likeness (QED) is 0.858. The predicted octanol–water partition coefficient (Wildman–Crippen LogP) is 3.58. The zero-order valence-corrected chi connectivity index (χ0v) is 15.6. The number of nitrogens with one attached hydrogen (secondary N) is 1. The molecule has 2 aromatic carbocycles. The Kier molecular flexibility index (Phi) is 5.32. The van der Waals surface area contributed by atoms with E-state index in [9.17, 15) is 17.6 Å². The molecule has 1 N–H and O–H groups in total. The van der Waals surface area contributed by atoms with Gasteiger partial charge in [0.15, 0.2) is 0 Å². The van der Waals surface area contributed by atoms with Crippen molar-refractivity contribution in [2.75, 3.05) is 11.9 Å². The molecule has 1 aliphatic heterocycles. The summed E-state index contributed by atoms with van der Waals surface area (Å²) in [6.07, 6.45) is 0.986. The summed E-state index contributed by atoms with van der Waals surface area (Å²) in [5.41, 5.74) is 0.768. The molecule has 0 spiro atoms. The van der Waals surface area contributed by atoms with Gasteiger partial charge in [0.2, 0.25) is 15.9 Å². The minimum atomic E-state index is -3.82. The summed E-state index contributed by atoms with van der Waals surface area (Å²) < 4.78 is 40.6. The summed E-state index contributed by atoms with van der Waals surface area (Å²) in [7, 11) is -3.82. The SMILES string of the molecule is Cc1ccc(NC(=O)C2CCCN2S(=O)(=O)c2ccc(Cl)cc2)cc1F. The number of hydrogen-bond donors (Lipinski definition) is 1. The molecule has 0 bridgehead atoms. The Morgan fingerprint density at radius 1 is 1.23 bits per heavy atom. The van der Waals surface area contributed by atoms with E-state index >= 15 is 0 Å². The molecule has 26 heavy (non-hydrogen) atoms. The highest BCUT2D eigenvalue weighted by molar-refractivity contribution is 7.89. The maximum Gasteiger partial charge on any atom is 0.243 e. The first kappa shape index (κ1) is 18.8. The molecular weight excluding hydrogens is 379 g/mol. The summed E-state index contributed by atoms with van der Waals surface area (Å²) >= 11 is 5.81. The molecule has 0 aliphatic carbocycles. The molecule has 1 atom stereocenters. The first-order chi connectivity index (χ1) is 12.3. The minimum absolute atomic E-state index is 0.0861. The molecule has 8 heteroatoms. The molecule has 1 unspecified atom stereocenters. The fourth-order valence-electron chi connectivity index (χ4n) is 2.93. The van der Waals surface area contributed by atoms with Crippen molar-refractivity contribution < 1.29 is 17.6 Å². The molecule has 0 aromatic heterocycles. The Balaban J connectivity index is 1.81. The minimum Gasteiger partial charge on any atom is -0.325 e. The highest BCUT2D eigenvalue weighted by atomic mass is 35.5. The van der Waals surface area contributed by atoms with E-state index in [1.54, 1.807) is 19.1 Å². The maximum atomic E-state index is 13.7. The monoisotopic (exact) mass is 396 g/mol. The molecule has 0 radical (unpaired) electrons. The third kappa shape index (κ3) is 3.75. The van der Waals surface area contributed by atoms with Crippen molar-refractivity contribution >= 4 is 33.2 Å². The third-order valence-corrected chi connectivity index (χ3v) is 6.54. The number of sulfonamides is 1. The summed E-state index contributed by atoms with van der Waals surface area (Å²) in [6.45, 7) is 1.88. The molecule has 5 nitrogen and oxygen atoms in total. The molecular formula is C18H18ClFN2O3S. The lowest BCUT2D eigenvalue weighted by Crippen LogP contribution is -2.43. The van der Waals surface area contributed by atoms with Gasteiger partial charge in [0.25, 0.3) is 0 Å². The number of amides is 1. The van der Waals surface area contributed by atoms with E-state index in [4.69, 9.17) is 11.6 Å². The van der Waals surface area contributed by atoms with E-state index in [0.717, 1.165) is 0 Å². The van der Waals surface area contributed by atoms with E-state index in [1.807, 2.05) is 0 Å². The first-order valence-corrected chi connectivity index (χ1v) is 9.95. The molecule has 0 saturated carbocycles. The molecule has 1 fully saturated rings. The largest absolute Gasteiger partial charge is 0.325 e. The van der Waals surface area contributed by atoms with Crippen LogP contribution < -0.4 is 5.32 Å². The first-order valence-electron chi connectivity index (χ1n) is 8.13. The van der Waals surface area contributed by atoms with Gasteiger partial charge < -0.3 is 5.32 Å². The number of anilines is 1. The molecule has 2 aromatic rings. The van der Waals surface area contributed by atoms with Crippen molar-refractivity contribution in [1.82, 2.24) is 4.31 Å². The van der Waals surface area contributed by atoms with Gasteiger partial charge in [0.1, 0.15) is 11.9 Å². The number of nitrogens with zero attached hydrogens (tertiary/aromatic N) is 1. The highest BCUT2D eigenvalue weighted by Gasteiger charge is 2.39. The van der Waals surface area contributed by atoms with E-state index in [2.05, 4.69) is 5.32 Å². The Morgan fingerprint density at radius 2 is 1.92 bits per heavy atom. The van der Waals surface area contributed by atoms with Crippen molar-refractivity contribution in [3.63, 3.8) is 0 Å². The van der Waals surface area contributed by atoms with Crippen LogP contribution in [0.4, 0.5) is 10.1 Å². The second-order valence-electron chi connectivity index (χ2n) is 6.18. The zero-order chi connectivity index (χ0) is 18.9. The number of aryl methyl sites for hydroxylation is 1. The highest BCUT2D eigenvalue weighted by Crippen LogP contribution is 2.28. The van der Waals surface area contributed by atoms with Crippen LogP contribution in [0.1, 0.15) is 18.4 Å². The Labute approximate surface area is 156 Å². The lowest BCUT2D eigenvalue weighted by molar-refractivity contribution is -0.119. The second kappa shape index (κ2) is 7.34. The van der Waals surface area contributed by atoms with Crippen molar-refractivity contribution in [3.8, 4) is 0 Å². The maximum absolute atomic E-state index is 13.7. The van der Waals surface area contributed by atoms with Gasteiger partial charge in [-0.05, 0) is 61.7 Å². The van der Waals surface area contributed by atoms with Crippen molar-refractivity contribution in [1.29, 1.82) is 0 Å². The second-order valence-corrected chi connectivity index (χ2v) is 8.51. The third-order valence-electron chi connectivity index (χ3n) is 4.37. The zero-order valence-electron chi connectivity index (χ0n) is 14.1. The van der Waals surface area contributed by atoms with Crippen molar-refractivity contribution in [3.05, 3.63) is 58.9 Å². The fourth-order valence-corrected chi connectivity index (χ4v) is 4.71. The number of carbonyl (C=O) groups excluding carboxylic acids is 1. The van der Waals surface area contributed by atoms with Crippen LogP contribution in [0.15, 0.2) is 47.4 Å². The standard InChI is InChI=1S/C18H18ClFN2O3S/c1-12-4-7-14(11-16(12)20)21-18(23)17-3-2-10-22(17)26(24,25)15-8-5-13(19)6-9-15/h4-9,11,17H,2-3,10H2,1H3,(H,21,23). The molecule has 1 saturated heterocycles. The van der Waals surface area contributed by atoms with Gasteiger partial charge in [-0.1, -0.05) is 17.7 Å². The van der Waals surface area contributed by atoms with Gasteiger partial charge >= 0.3 is 0 Å². The Hall–Kier alpha value is -1.96. The van der Waals surface area contributed by atoms with Crippen LogP contribution in [0, 0.1) is 12.7 Å². The lowest BCUT2D eigenvalue weighted by atomic mass is 10.2. The predicted molar refractivity (Wildman–Crippen MR) is 98.1 cm³/mol. The summed E-state index contributed by atoms with van der Waals surface area (Å²) in [5, 5.41) is 3.04. The average Bonchev–Trinajstić information content (AvgIpc) is 3.09. The van der Waals surface area contributed by atoms with E-state index < -0.39 is 27.8 Å². The van der Waals surface area contributed by atoms with Gasteiger partial charge in [-0.2, -0.15) is 4.31 Å². The van der Waals surface area contributed by atoms with Crippen molar-refractivity contribution in [2.24, 2.45) is 0 Å². The van der Waals surface area contributed by atoms with Gasteiger partial charge in [-0.25, -0.2) is 12.8 Å². The van der Waals surface area contributed by atoms with Crippen LogP contribution in [0.3, 0.4) is 0 Å². The van der Waals surface area contributed by atoms with Crippen molar-refractivity contribution in [2.45, 2.75) is 30.7 Å². The smallest absolute Gasteiger partial charge is 0.243 e. The Bertz CT molecular complexity index is 932. The van der Waals surface area contributed by atoms with Gasteiger partial charge in [-0.3, -0.25) is 4.79 Å². The number of halogens is 2. The van der Waals surface area contributed by atoms with E-state index in [-0.39, 0.29) is 11.4 Å².